The Kier molecular flexibility index (Phi) is 5.82. The number of imidazole rings is 1. The molecule has 3 heterocycles. The predicted octanol–water partition coefficient (Wildman–Crippen LogP) is 1.53. The monoisotopic (exact) mass is 460 g/mol. The lowest BCUT2D eigenvalue weighted by Crippen LogP contribution is -2.43. The summed E-state index contributed by atoms with van der Waals surface area (Å²) < 4.78 is 45.8. The molecular weight excluding hydrogens is 441 g/mol. The molecule has 0 aliphatic carbocycles. The number of anilines is 1. The minimum atomic E-state index is -5.24. The Labute approximate surface area is 185 Å². The minimum absolute atomic E-state index is 0.0800. The van der Waals surface area contributed by atoms with E-state index in [9.17, 15) is 28.0 Å². The van der Waals surface area contributed by atoms with Crippen LogP contribution < -0.4 is 20.6 Å². The van der Waals surface area contributed by atoms with Crippen molar-refractivity contribution >= 4 is 22.8 Å². The van der Waals surface area contributed by atoms with E-state index < -0.39 is 23.6 Å². The maximum Gasteiger partial charge on any atom is 0.491 e. The molecule has 0 radical (unpaired) electrons. The number of hydrogen-bond acceptors (Lipinski definition) is 7. The summed E-state index contributed by atoms with van der Waals surface area (Å²) in [5, 5.41) is 12.6. The highest BCUT2D eigenvalue weighted by atomic mass is 19.4. The van der Waals surface area contributed by atoms with Crippen LogP contribution in [-0.4, -0.2) is 52.4 Å². The number of aryl methyl sites for hydroxylation is 1. The first-order valence-electron chi connectivity index (χ1n) is 10.0. The van der Waals surface area contributed by atoms with Gasteiger partial charge in [-0.25, -0.2) is 14.6 Å². The number of esters is 1. The van der Waals surface area contributed by atoms with Gasteiger partial charge in [-0.3, -0.25) is 9.13 Å². The molecular formula is C21H19F3N6O3. The largest absolute Gasteiger partial charge is 0.491 e. The number of ether oxygens (including phenoxy) is 1. The lowest BCUT2D eigenvalue weighted by atomic mass is 10.1. The number of pyridine rings is 1. The van der Waals surface area contributed by atoms with Gasteiger partial charge in [-0.05, 0) is 12.1 Å². The second-order valence-electron chi connectivity index (χ2n) is 7.46. The molecule has 0 unspecified atom stereocenters. The highest BCUT2D eigenvalue weighted by Crippen LogP contribution is 2.30. The number of alkyl halides is 3. The molecule has 1 fully saturated rings. The lowest BCUT2D eigenvalue weighted by Gasteiger charge is -2.30. The van der Waals surface area contributed by atoms with Crippen molar-refractivity contribution in [3.05, 3.63) is 52.1 Å². The van der Waals surface area contributed by atoms with Gasteiger partial charge in [-0.15, -0.1) is 0 Å². The maximum absolute atomic E-state index is 13.1. The minimum Gasteiger partial charge on any atom is -0.418 e. The van der Waals surface area contributed by atoms with Crippen LogP contribution in [-0.2, 0) is 18.4 Å². The van der Waals surface area contributed by atoms with Crippen LogP contribution in [0.4, 0.5) is 18.9 Å². The second-order valence-corrected chi connectivity index (χ2v) is 7.46. The molecule has 1 aliphatic rings. The van der Waals surface area contributed by atoms with Crippen molar-refractivity contribution < 1.29 is 22.7 Å². The van der Waals surface area contributed by atoms with Crippen molar-refractivity contribution in [1.29, 1.82) is 5.26 Å². The van der Waals surface area contributed by atoms with E-state index >= 15 is 0 Å². The molecule has 1 N–H and O–H groups in total. The van der Waals surface area contributed by atoms with Gasteiger partial charge < -0.3 is 15.0 Å². The van der Waals surface area contributed by atoms with Gasteiger partial charge >= 0.3 is 17.8 Å². The van der Waals surface area contributed by atoms with E-state index in [1.807, 2.05) is 0 Å². The molecule has 172 valence electrons. The van der Waals surface area contributed by atoms with Crippen molar-refractivity contribution in [1.82, 2.24) is 19.4 Å². The van der Waals surface area contributed by atoms with E-state index in [0.29, 0.717) is 24.3 Å². The van der Waals surface area contributed by atoms with Crippen LogP contribution in [0.5, 0.6) is 5.75 Å². The summed E-state index contributed by atoms with van der Waals surface area (Å²) in [6.45, 7) is 2.67. The average Bonchev–Trinajstić information content (AvgIpc) is 3.05. The van der Waals surface area contributed by atoms with Crippen LogP contribution >= 0.6 is 0 Å². The van der Waals surface area contributed by atoms with Gasteiger partial charge in [0.15, 0.2) is 11.4 Å². The van der Waals surface area contributed by atoms with Crippen LogP contribution in [0.3, 0.4) is 0 Å². The van der Waals surface area contributed by atoms with Crippen molar-refractivity contribution in [2.45, 2.75) is 12.7 Å². The van der Waals surface area contributed by atoms with Gasteiger partial charge in [0.2, 0.25) is 0 Å². The zero-order valence-electron chi connectivity index (χ0n) is 17.5. The van der Waals surface area contributed by atoms with Crippen LogP contribution in [0.25, 0.3) is 11.2 Å². The Morgan fingerprint density at radius 1 is 1.27 bits per heavy atom. The molecule has 0 spiro atoms. The van der Waals surface area contributed by atoms with E-state index in [1.54, 1.807) is 25.4 Å². The first-order chi connectivity index (χ1) is 15.7. The van der Waals surface area contributed by atoms with Crippen LogP contribution in [0.2, 0.25) is 0 Å². The van der Waals surface area contributed by atoms with Gasteiger partial charge in [-0.1, -0.05) is 12.1 Å². The zero-order valence-corrected chi connectivity index (χ0v) is 17.5. The fourth-order valence-corrected chi connectivity index (χ4v) is 3.85. The number of aromatic nitrogens is 3. The average molecular weight is 460 g/mol. The quantitative estimate of drug-likeness (QED) is 0.465. The third kappa shape index (κ3) is 4.14. The van der Waals surface area contributed by atoms with Gasteiger partial charge in [0.25, 0.3) is 0 Å². The number of nitrogens with one attached hydrogen (secondary N) is 1. The summed E-state index contributed by atoms with van der Waals surface area (Å²) in [6, 6.07) is 7.61. The fraction of sp³-hybridized carbons (Fsp3) is 0.333. The number of benzene rings is 1. The SMILES string of the molecule is Cn1c(=O)n(Cc2cccc(C#N)c2OC(=O)C(F)(F)F)c2c(N3CCNCC3)ccnc21. The standard InChI is InChI=1S/C21H19F3N6O3/c1-28-18-16(15(5-6-27-18)29-9-7-26-8-10-29)30(20(28)32)12-14-4-2-3-13(11-25)17(14)33-19(31)21(22,23)24/h2-6,26H,7-10,12H2,1H3. The Morgan fingerprint density at radius 3 is 2.67 bits per heavy atom. The molecule has 1 aliphatic heterocycles. The molecule has 9 nitrogen and oxygen atoms in total. The van der Waals surface area contributed by atoms with Crippen molar-refractivity contribution in [2.24, 2.45) is 7.05 Å². The predicted molar refractivity (Wildman–Crippen MR) is 112 cm³/mol. The summed E-state index contributed by atoms with van der Waals surface area (Å²) in [7, 11) is 1.55. The number of hydrogen-bond donors (Lipinski definition) is 1. The van der Waals surface area contributed by atoms with Crippen LogP contribution in [0.1, 0.15) is 11.1 Å². The third-order valence-electron chi connectivity index (χ3n) is 5.42. The summed E-state index contributed by atoms with van der Waals surface area (Å²) in [5.41, 5.74) is 1.04. The Morgan fingerprint density at radius 2 is 2.00 bits per heavy atom. The zero-order chi connectivity index (χ0) is 23.8. The third-order valence-corrected chi connectivity index (χ3v) is 5.42. The second kappa shape index (κ2) is 8.59. The van der Waals surface area contributed by atoms with Gasteiger partial charge in [0.1, 0.15) is 11.6 Å². The van der Waals surface area contributed by atoms with Crippen molar-refractivity contribution in [3.63, 3.8) is 0 Å². The molecule has 4 rings (SSSR count). The highest BCUT2D eigenvalue weighted by molar-refractivity contribution is 5.87. The molecule has 1 saturated heterocycles. The smallest absolute Gasteiger partial charge is 0.418 e. The molecule has 2 aromatic heterocycles. The number of carbonyl (C=O) groups is 1. The number of rotatable bonds is 4. The van der Waals surface area contributed by atoms with Gasteiger partial charge in [-0.2, -0.15) is 18.4 Å². The maximum atomic E-state index is 13.1. The van der Waals surface area contributed by atoms with Crippen LogP contribution in [0.15, 0.2) is 35.3 Å². The molecule has 33 heavy (non-hydrogen) atoms. The van der Waals surface area contributed by atoms with E-state index in [1.165, 1.54) is 27.3 Å². The number of fused-ring (bicyclic) bond motifs is 1. The van der Waals surface area contributed by atoms with E-state index in [4.69, 9.17) is 0 Å². The number of nitriles is 1. The van der Waals surface area contributed by atoms with Crippen molar-refractivity contribution in [2.75, 3.05) is 31.1 Å². The number of carbonyl (C=O) groups excluding carboxylic acids is 1. The van der Waals surface area contributed by atoms with E-state index in [-0.39, 0.29) is 17.7 Å². The molecule has 0 saturated carbocycles. The molecule has 0 bridgehead atoms. The van der Waals surface area contributed by atoms with Gasteiger partial charge in [0.05, 0.1) is 17.8 Å². The first kappa shape index (κ1) is 22.3. The number of nitrogens with zero attached hydrogens (tertiary/aromatic N) is 5. The molecule has 12 heteroatoms. The fourth-order valence-electron chi connectivity index (χ4n) is 3.85. The number of para-hydroxylation sites is 1. The molecule has 0 atom stereocenters. The summed E-state index contributed by atoms with van der Waals surface area (Å²) >= 11 is 0. The lowest BCUT2D eigenvalue weighted by molar-refractivity contribution is -0.189. The Bertz CT molecular complexity index is 1320. The normalized spacial score (nSPS) is 14.3. The molecule has 0 amide bonds. The highest BCUT2D eigenvalue weighted by Gasteiger charge is 2.42. The summed E-state index contributed by atoms with van der Waals surface area (Å²) in [4.78, 5) is 31.0. The topological polar surface area (TPSA) is 105 Å². The van der Waals surface area contributed by atoms with Crippen LogP contribution in [0, 0.1) is 11.3 Å². The van der Waals surface area contributed by atoms with E-state index in [2.05, 4.69) is 19.9 Å². The summed E-state index contributed by atoms with van der Waals surface area (Å²) in [6.07, 6.45) is -3.65. The van der Waals surface area contributed by atoms with Crippen molar-refractivity contribution in [3.8, 4) is 11.8 Å². The van der Waals surface area contributed by atoms with E-state index in [0.717, 1.165) is 18.8 Å². The Balaban J connectivity index is 1.85. The summed E-state index contributed by atoms with van der Waals surface area (Å²) in [5.74, 6) is -2.97. The molecule has 1 aromatic carbocycles. The number of halogens is 3. The Hall–Kier alpha value is -3.85. The first-order valence-corrected chi connectivity index (χ1v) is 10.0. The molecule has 3 aromatic rings. The number of piperazine rings is 1. The van der Waals surface area contributed by atoms with Gasteiger partial charge in [0, 0.05) is 45.0 Å².